The third-order valence-corrected chi connectivity index (χ3v) is 3.84. The molecule has 0 saturated heterocycles. The smallest absolute Gasteiger partial charge is 0.744 e. The van der Waals surface area contributed by atoms with Crippen LogP contribution < -0.4 is 51.4 Å². The average molecular weight is 296 g/mol. The van der Waals surface area contributed by atoms with Crippen LogP contribution in [0.5, 0.6) is 0 Å². The first kappa shape index (κ1) is 15.1. The molecular formula is C14H9KO3S. The molecule has 0 amide bonds. The van der Waals surface area contributed by atoms with Gasteiger partial charge in [-0.15, -0.1) is 0 Å². The zero-order valence-electron chi connectivity index (χ0n) is 10.3. The third kappa shape index (κ3) is 2.92. The summed E-state index contributed by atoms with van der Waals surface area (Å²) in [6, 6.07) is 16.0. The van der Waals surface area contributed by atoms with Crippen LogP contribution >= 0.6 is 0 Å². The van der Waals surface area contributed by atoms with E-state index in [4.69, 9.17) is 0 Å². The monoisotopic (exact) mass is 296 g/mol. The molecular weight excluding hydrogens is 287 g/mol. The van der Waals surface area contributed by atoms with E-state index < -0.39 is 10.1 Å². The first-order valence-electron chi connectivity index (χ1n) is 5.43. The summed E-state index contributed by atoms with van der Waals surface area (Å²) in [5.41, 5.74) is 0. The van der Waals surface area contributed by atoms with Gasteiger partial charge in [0.2, 0.25) is 0 Å². The Kier molecular flexibility index (Phi) is 4.47. The van der Waals surface area contributed by atoms with Gasteiger partial charge in [0.15, 0.2) is 0 Å². The van der Waals surface area contributed by atoms with Crippen molar-refractivity contribution in [3.05, 3.63) is 54.6 Å². The van der Waals surface area contributed by atoms with Crippen molar-refractivity contribution >= 4 is 31.7 Å². The minimum Gasteiger partial charge on any atom is -0.744 e. The molecule has 0 aliphatic rings. The molecule has 0 aliphatic carbocycles. The Labute approximate surface area is 153 Å². The molecule has 0 atom stereocenters. The summed E-state index contributed by atoms with van der Waals surface area (Å²) in [4.78, 5) is -0.189. The molecule has 19 heavy (non-hydrogen) atoms. The molecule has 0 N–H and O–H groups in total. The molecule has 5 heteroatoms. The van der Waals surface area contributed by atoms with Crippen LogP contribution in [-0.2, 0) is 10.1 Å². The fourth-order valence-corrected chi connectivity index (χ4v) is 2.63. The zero-order valence-corrected chi connectivity index (χ0v) is 14.3. The van der Waals surface area contributed by atoms with Crippen LogP contribution in [0.15, 0.2) is 59.5 Å². The van der Waals surface area contributed by atoms with Crippen LogP contribution in [0, 0.1) is 0 Å². The van der Waals surface area contributed by atoms with Crippen LogP contribution in [0.25, 0.3) is 21.5 Å². The maximum atomic E-state index is 11.1. The van der Waals surface area contributed by atoms with Gasteiger partial charge in [0.1, 0.15) is 10.1 Å². The van der Waals surface area contributed by atoms with Gasteiger partial charge in [-0.1, -0.05) is 42.5 Å². The molecule has 0 fully saturated rings. The van der Waals surface area contributed by atoms with E-state index in [2.05, 4.69) is 0 Å². The average Bonchev–Trinajstić information content (AvgIpc) is 2.37. The van der Waals surface area contributed by atoms with E-state index in [1.54, 1.807) is 6.07 Å². The fraction of sp³-hybridized carbons (Fsp3) is 0. The van der Waals surface area contributed by atoms with E-state index in [-0.39, 0.29) is 56.3 Å². The van der Waals surface area contributed by atoms with Crippen molar-refractivity contribution in [1.82, 2.24) is 0 Å². The fourth-order valence-electron chi connectivity index (χ4n) is 2.14. The number of fused-ring (bicyclic) bond motifs is 3. The number of rotatable bonds is 1. The van der Waals surface area contributed by atoms with Gasteiger partial charge in [0.25, 0.3) is 0 Å². The molecule has 3 aromatic rings. The second-order valence-electron chi connectivity index (χ2n) is 4.12. The van der Waals surface area contributed by atoms with Crippen molar-refractivity contribution < 1.29 is 64.4 Å². The molecule has 0 bridgehead atoms. The molecule has 3 aromatic carbocycles. The van der Waals surface area contributed by atoms with Gasteiger partial charge in [-0.05, 0) is 33.7 Å². The number of hydrogen-bond donors (Lipinski definition) is 0. The molecule has 0 aromatic heterocycles. The Bertz CT molecular complexity index is 857. The van der Waals surface area contributed by atoms with Crippen LogP contribution in [0.3, 0.4) is 0 Å². The summed E-state index contributed by atoms with van der Waals surface area (Å²) in [7, 11) is -4.41. The maximum absolute atomic E-state index is 11.1. The first-order chi connectivity index (χ1) is 8.55. The van der Waals surface area contributed by atoms with E-state index in [0.717, 1.165) is 21.5 Å². The SMILES string of the molecule is O=S(=O)([O-])c1ccc2ccc3ccccc3c2c1.[K+]. The Morgan fingerprint density at radius 2 is 1.37 bits per heavy atom. The normalized spacial score (nSPS) is 11.4. The van der Waals surface area contributed by atoms with Crippen molar-refractivity contribution in [2.75, 3.05) is 0 Å². The Balaban J connectivity index is 0.00000133. The minimum absolute atomic E-state index is 0. The van der Waals surface area contributed by atoms with Gasteiger partial charge in [0, 0.05) is 0 Å². The predicted molar refractivity (Wildman–Crippen MR) is 69.4 cm³/mol. The molecule has 0 spiro atoms. The topological polar surface area (TPSA) is 57.2 Å². The quantitative estimate of drug-likeness (QED) is 0.358. The Hall–Kier alpha value is -0.274. The zero-order chi connectivity index (χ0) is 12.8. The van der Waals surface area contributed by atoms with Gasteiger partial charge in [-0.25, -0.2) is 8.42 Å². The first-order valence-corrected chi connectivity index (χ1v) is 6.84. The van der Waals surface area contributed by atoms with Crippen LogP contribution in [0.1, 0.15) is 0 Å². The molecule has 3 rings (SSSR count). The van der Waals surface area contributed by atoms with Crippen molar-refractivity contribution in [3.63, 3.8) is 0 Å². The summed E-state index contributed by atoms with van der Waals surface area (Å²) in [6.45, 7) is 0. The second kappa shape index (κ2) is 5.61. The predicted octanol–water partition coefficient (Wildman–Crippen LogP) is -0.0989. The standard InChI is InChI=1S/C14H10O3S.K/c15-18(16,17)12-8-7-11-6-5-10-3-1-2-4-13(10)14(11)9-12;/h1-9H,(H,15,16,17);/q;+1/p-1. The molecule has 0 heterocycles. The van der Waals surface area contributed by atoms with Crippen molar-refractivity contribution in [1.29, 1.82) is 0 Å². The summed E-state index contributed by atoms with van der Waals surface area (Å²) in [5.74, 6) is 0. The van der Waals surface area contributed by atoms with Gasteiger partial charge >= 0.3 is 51.4 Å². The Morgan fingerprint density at radius 1 is 0.789 bits per heavy atom. The second-order valence-corrected chi connectivity index (χ2v) is 5.50. The van der Waals surface area contributed by atoms with Gasteiger partial charge < -0.3 is 4.55 Å². The molecule has 0 unspecified atom stereocenters. The molecule has 0 saturated carbocycles. The Morgan fingerprint density at radius 3 is 2.05 bits per heavy atom. The van der Waals surface area contributed by atoms with E-state index in [0.29, 0.717) is 0 Å². The molecule has 0 radical (unpaired) electrons. The summed E-state index contributed by atoms with van der Waals surface area (Å²) in [5, 5.41) is 3.66. The van der Waals surface area contributed by atoms with E-state index in [1.165, 1.54) is 12.1 Å². The number of hydrogen-bond acceptors (Lipinski definition) is 3. The minimum atomic E-state index is -4.41. The van der Waals surface area contributed by atoms with E-state index in [9.17, 15) is 13.0 Å². The maximum Gasteiger partial charge on any atom is 1.00 e. The van der Waals surface area contributed by atoms with E-state index >= 15 is 0 Å². The van der Waals surface area contributed by atoms with Crippen LogP contribution in [-0.4, -0.2) is 13.0 Å². The van der Waals surface area contributed by atoms with E-state index in [1.807, 2.05) is 36.4 Å². The van der Waals surface area contributed by atoms with Gasteiger partial charge in [-0.3, -0.25) is 0 Å². The summed E-state index contributed by atoms with van der Waals surface area (Å²) in [6.07, 6.45) is 0. The van der Waals surface area contributed by atoms with Crippen LogP contribution in [0.4, 0.5) is 0 Å². The molecule has 3 nitrogen and oxygen atoms in total. The van der Waals surface area contributed by atoms with Crippen molar-refractivity contribution in [2.24, 2.45) is 0 Å². The molecule has 0 aliphatic heterocycles. The summed E-state index contributed by atoms with van der Waals surface area (Å²) < 4.78 is 33.2. The van der Waals surface area contributed by atoms with Gasteiger partial charge in [-0.2, -0.15) is 0 Å². The van der Waals surface area contributed by atoms with Crippen molar-refractivity contribution in [3.8, 4) is 0 Å². The third-order valence-electron chi connectivity index (χ3n) is 3.01. The largest absolute Gasteiger partial charge is 1.00 e. The summed E-state index contributed by atoms with van der Waals surface area (Å²) >= 11 is 0. The number of benzene rings is 3. The van der Waals surface area contributed by atoms with Gasteiger partial charge in [0.05, 0.1) is 4.90 Å². The van der Waals surface area contributed by atoms with Crippen LogP contribution in [0.2, 0.25) is 0 Å². The molecule has 90 valence electrons. The van der Waals surface area contributed by atoms with Crippen molar-refractivity contribution in [2.45, 2.75) is 4.90 Å².